The van der Waals surface area contributed by atoms with Gasteiger partial charge in [0.1, 0.15) is 0 Å². The second-order valence-corrected chi connectivity index (χ2v) is 5.85. The molecule has 0 aromatic carbocycles. The second kappa shape index (κ2) is 8.36. The zero-order valence-electron chi connectivity index (χ0n) is 14.0. The number of nitrogens with zero attached hydrogens (tertiary/aromatic N) is 2. The maximum Gasteiger partial charge on any atom is 0.317 e. The van der Waals surface area contributed by atoms with Crippen LogP contribution in [0.5, 0.6) is 0 Å². The van der Waals surface area contributed by atoms with Crippen LogP contribution in [0, 0.1) is 0 Å². The quantitative estimate of drug-likeness (QED) is 0.845. The summed E-state index contributed by atoms with van der Waals surface area (Å²) in [6, 6.07) is 3.35. The minimum Gasteiger partial charge on any atom is -0.354 e. The summed E-state index contributed by atoms with van der Waals surface area (Å²) in [4.78, 5) is 29.6. The summed E-state index contributed by atoms with van der Waals surface area (Å²) in [6.45, 7) is 7.57. The highest BCUT2D eigenvalue weighted by Crippen LogP contribution is 2.17. The fourth-order valence-electron chi connectivity index (χ4n) is 2.05. The van der Waals surface area contributed by atoms with Crippen LogP contribution >= 0.6 is 0 Å². The minimum atomic E-state index is -0.227. The van der Waals surface area contributed by atoms with Gasteiger partial charge in [-0.15, -0.1) is 0 Å². The molecule has 0 saturated carbocycles. The van der Waals surface area contributed by atoms with Crippen LogP contribution in [0.15, 0.2) is 24.5 Å². The lowest BCUT2D eigenvalue weighted by atomic mass is 10.1. The lowest BCUT2D eigenvalue weighted by Crippen LogP contribution is -2.45. The largest absolute Gasteiger partial charge is 0.354 e. The van der Waals surface area contributed by atoms with Crippen molar-refractivity contribution >= 4 is 11.9 Å². The maximum atomic E-state index is 12.2. The molecule has 2 atom stereocenters. The molecule has 122 valence electrons. The number of hydrogen-bond acceptors (Lipinski definition) is 3. The van der Waals surface area contributed by atoms with Gasteiger partial charge in [-0.25, -0.2) is 4.79 Å². The molecule has 1 rings (SSSR count). The predicted octanol–water partition coefficient (Wildman–Crippen LogP) is 2.09. The van der Waals surface area contributed by atoms with E-state index in [1.165, 1.54) is 0 Å². The molecule has 0 aliphatic rings. The number of carbonyl (C=O) groups is 2. The molecule has 1 aromatic rings. The molecular weight excluding hydrogens is 280 g/mol. The van der Waals surface area contributed by atoms with Crippen LogP contribution in [-0.4, -0.2) is 41.0 Å². The Morgan fingerprint density at radius 3 is 2.45 bits per heavy atom. The van der Waals surface area contributed by atoms with Gasteiger partial charge in [-0.05, 0) is 39.3 Å². The van der Waals surface area contributed by atoms with Gasteiger partial charge in [0.15, 0.2) is 0 Å². The Morgan fingerprint density at radius 1 is 1.23 bits per heavy atom. The van der Waals surface area contributed by atoms with Crippen molar-refractivity contribution in [1.82, 2.24) is 20.5 Å². The van der Waals surface area contributed by atoms with Crippen molar-refractivity contribution in [2.45, 2.75) is 52.2 Å². The lowest BCUT2D eigenvalue weighted by molar-refractivity contribution is -0.121. The normalized spacial score (nSPS) is 13.4. The number of hydrogen-bond donors (Lipinski definition) is 2. The third-order valence-electron chi connectivity index (χ3n) is 3.38. The molecule has 0 aliphatic carbocycles. The van der Waals surface area contributed by atoms with Gasteiger partial charge in [0.25, 0.3) is 0 Å². The molecule has 0 saturated heterocycles. The number of pyridine rings is 1. The summed E-state index contributed by atoms with van der Waals surface area (Å²) in [7, 11) is 1.73. The van der Waals surface area contributed by atoms with E-state index in [0.29, 0.717) is 0 Å². The van der Waals surface area contributed by atoms with Gasteiger partial charge in [-0.3, -0.25) is 9.78 Å². The van der Waals surface area contributed by atoms with Gasteiger partial charge in [0.2, 0.25) is 5.91 Å². The fourth-order valence-corrected chi connectivity index (χ4v) is 2.05. The number of nitrogens with one attached hydrogen (secondary N) is 2. The molecule has 6 nitrogen and oxygen atoms in total. The molecule has 22 heavy (non-hydrogen) atoms. The van der Waals surface area contributed by atoms with Crippen molar-refractivity contribution in [3.8, 4) is 0 Å². The van der Waals surface area contributed by atoms with E-state index in [-0.39, 0.29) is 36.5 Å². The third kappa shape index (κ3) is 5.71. The molecular formula is C16H26N4O2. The summed E-state index contributed by atoms with van der Waals surface area (Å²) in [6.07, 6.45) is 3.71. The summed E-state index contributed by atoms with van der Waals surface area (Å²) in [5.41, 5.74) is 0.963. The van der Waals surface area contributed by atoms with Gasteiger partial charge < -0.3 is 15.5 Å². The number of urea groups is 1. The third-order valence-corrected chi connectivity index (χ3v) is 3.38. The van der Waals surface area contributed by atoms with Gasteiger partial charge in [-0.2, -0.15) is 0 Å². The van der Waals surface area contributed by atoms with E-state index in [1.54, 1.807) is 24.3 Å². The summed E-state index contributed by atoms with van der Waals surface area (Å²) in [5.74, 6) is -0.0641. The van der Waals surface area contributed by atoms with Crippen LogP contribution in [-0.2, 0) is 4.79 Å². The van der Waals surface area contributed by atoms with Crippen molar-refractivity contribution in [2.75, 3.05) is 7.05 Å². The van der Waals surface area contributed by atoms with Crippen molar-refractivity contribution in [3.05, 3.63) is 30.1 Å². The number of amides is 3. The van der Waals surface area contributed by atoms with Crippen LogP contribution in [0.4, 0.5) is 4.79 Å². The molecule has 0 fully saturated rings. The molecule has 6 heteroatoms. The molecule has 2 unspecified atom stereocenters. The number of rotatable bonds is 6. The molecule has 3 amide bonds. The van der Waals surface area contributed by atoms with Crippen molar-refractivity contribution in [1.29, 1.82) is 0 Å². The highest BCUT2D eigenvalue weighted by Gasteiger charge is 2.20. The Balaban J connectivity index is 2.51. The van der Waals surface area contributed by atoms with Crippen molar-refractivity contribution in [2.24, 2.45) is 0 Å². The van der Waals surface area contributed by atoms with E-state index >= 15 is 0 Å². The molecule has 2 N–H and O–H groups in total. The van der Waals surface area contributed by atoms with E-state index in [0.717, 1.165) is 5.56 Å². The molecule has 1 heterocycles. The Morgan fingerprint density at radius 2 is 1.91 bits per heavy atom. The average Bonchev–Trinajstić information content (AvgIpc) is 2.45. The highest BCUT2D eigenvalue weighted by atomic mass is 16.2. The van der Waals surface area contributed by atoms with Crippen LogP contribution < -0.4 is 10.6 Å². The van der Waals surface area contributed by atoms with E-state index in [9.17, 15) is 9.59 Å². The number of aromatic nitrogens is 1. The van der Waals surface area contributed by atoms with Crippen molar-refractivity contribution in [3.63, 3.8) is 0 Å². The van der Waals surface area contributed by atoms with E-state index in [4.69, 9.17) is 0 Å². The second-order valence-electron chi connectivity index (χ2n) is 5.85. The molecule has 0 radical (unpaired) electrons. The predicted molar refractivity (Wildman–Crippen MR) is 86.3 cm³/mol. The van der Waals surface area contributed by atoms with Gasteiger partial charge in [-0.1, -0.05) is 6.07 Å². The van der Waals surface area contributed by atoms with E-state index in [2.05, 4.69) is 15.6 Å². The van der Waals surface area contributed by atoms with E-state index < -0.39 is 0 Å². The Hall–Kier alpha value is -2.11. The van der Waals surface area contributed by atoms with Crippen molar-refractivity contribution < 1.29 is 9.59 Å². The van der Waals surface area contributed by atoms with E-state index in [1.807, 2.05) is 39.8 Å². The van der Waals surface area contributed by atoms with Crippen LogP contribution in [0.25, 0.3) is 0 Å². The Labute approximate surface area is 132 Å². The summed E-state index contributed by atoms with van der Waals surface area (Å²) in [5, 5.41) is 5.65. The average molecular weight is 306 g/mol. The zero-order chi connectivity index (χ0) is 16.7. The SMILES string of the molecule is CC(C)NC(=O)CC(C)NC(=O)N(C)C(C)c1cccnc1. The summed E-state index contributed by atoms with van der Waals surface area (Å²) >= 11 is 0. The molecule has 0 aliphatic heterocycles. The zero-order valence-corrected chi connectivity index (χ0v) is 14.0. The van der Waals surface area contributed by atoms with Crippen LogP contribution in [0.2, 0.25) is 0 Å². The Bertz CT molecular complexity index is 490. The highest BCUT2D eigenvalue weighted by molar-refractivity contribution is 5.79. The molecule has 0 spiro atoms. The first-order valence-corrected chi connectivity index (χ1v) is 7.53. The van der Waals surface area contributed by atoms with Crippen LogP contribution in [0.1, 0.15) is 45.7 Å². The van der Waals surface area contributed by atoms with Gasteiger partial charge in [0, 0.05) is 37.9 Å². The topological polar surface area (TPSA) is 74.3 Å². The maximum absolute atomic E-state index is 12.2. The standard InChI is InChI=1S/C16H26N4O2/c1-11(2)18-15(21)9-12(3)19-16(22)20(5)13(4)14-7-6-8-17-10-14/h6-8,10-13H,9H2,1-5H3,(H,18,21)(H,19,22). The Kier molecular flexibility index (Phi) is 6.82. The lowest BCUT2D eigenvalue weighted by Gasteiger charge is -2.27. The monoisotopic (exact) mass is 306 g/mol. The molecule has 0 bridgehead atoms. The minimum absolute atomic E-state index is 0.0641. The van der Waals surface area contributed by atoms with Gasteiger partial charge in [0.05, 0.1) is 6.04 Å². The first-order valence-electron chi connectivity index (χ1n) is 7.53. The first-order chi connectivity index (χ1) is 10.3. The van der Waals surface area contributed by atoms with Crippen LogP contribution in [0.3, 0.4) is 0 Å². The smallest absolute Gasteiger partial charge is 0.317 e. The number of carbonyl (C=O) groups excluding carboxylic acids is 2. The molecule has 1 aromatic heterocycles. The summed E-state index contributed by atoms with van der Waals surface area (Å²) < 4.78 is 0. The first kappa shape index (κ1) is 17.9. The van der Waals surface area contributed by atoms with Gasteiger partial charge >= 0.3 is 6.03 Å². The fraction of sp³-hybridized carbons (Fsp3) is 0.562.